The molecule has 2 heterocycles. The summed E-state index contributed by atoms with van der Waals surface area (Å²) in [4.78, 5) is 30.1. The largest absolute Gasteiger partial charge is 0.464 e. The standard InChI is InChI=1S/C17H15N3O3S/c1-10(21)11-3-5-13(6-4-11)19-17-20-15(9-24-17)12-7-14(18-8-12)16(22)23-2/h3-9,18H,1-2H3,(H,19,20). The molecule has 3 aromatic rings. The van der Waals surface area contributed by atoms with E-state index in [-0.39, 0.29) is 5.78 Å². The van der Waals surface area contributed by atoms with Crippen LogP contribution in [0.15, 0.2) is 41.9 Å². The average Bonchev–Trinajstić information content (AvgIpc) is 3.23. The number of hydrogen-bond acceptors (Lipinski definition) is 6. The Hall–Kier alpha value is -2.93. The first-order valence-electron chi connectivity index (χ1n) is 7.17. The van der Waals surface area contributed by atoms with Crippen LogP contribution in [0, 0.1) is 0 Å². The lowest BCUT2D eigenvalue weighted by Gasteiger charge is -2.03. The van der Waals surface area contributed by atoms with E-state index >= 15 is 0 Å². The predicted molar refractivity (Wildman–Crippen MR) is 93.0 cm³/mol. The fourth-order valence-corrected chi connectivity index (χ4v) is 2.89. The van der Waals surface area contributed by atoms with Crippen LogP contribution in [0.3, 0.4) is 0 Å². The fourth-order valence-electron chi connectivity index (χ4n) is 2.15. The van der Waals surface area contributed by atoms with E-state index in [2.05, 4.69) is 20.0 Å². The van der Waals surface area contributed by atoms with E-state index in [9.17, 15) is 9.59 Å². The van der Waals surface area contributed by atoms with Crippen molar-refractivity contribution in [3.8, 4) is 11.3 Å². The molecule has 0 bridgehead atoms. The molecule has 0 aliphatic heterocycles. The van der Waals surface area contributed by atoms with Gasteiger partial charge in [0.2, 0.25) is 0 Å². The Labute approximate surface area is 142 Å². The fraction of sp³-hybridized carbons (Fsp3) is 0.118. The van der Waals surface area contributed by atoms with Gasteiger partial charge in [-0.15, -0.1) is 11.3 Å². The lowest BCUT2D eigenvalue weighted by molar-refractivity contribution is 0.0594. The first kappa shape index (κ1) is 15.9. The third-order valence-corrected chi connectivity index (χ3v) is 4.19. The molecule has 0 aliphatic rings. The van der Waals surface area contributed by atoms with Crippen LogP contribution in [0.4, 0.5) is 10.8 Å². The maximum Gasteiger partial charge on any atom is 0.354 e. The normalized spacial score (nSPS) is 10.4. The number of carbonyl (C=O) groups is 2. The minimum absolute atomic E-state index is 0.0342. The number of rotatable bonds is 5. The van der Waals surface area contributed by atoms with Crippen LogP contribution in [0.25, 0.3) is 11.3 Å². The van der Waals surface area contributed by atoms with Crippen LogP contribution in [-0.4, -0.2) is 28.8 Å². The molecule has 1 aromatic carbocycles. The number of methoxy groups -OCH3 is 1. The Kier molecular flexibility index (Phi) is 4.43. The van der Waals surface area contributed by atoms with Crippen molar-refractivity contribution in [1.29, 1.82) is 0 Å². The number of nitrogens with one attached hydrogen (secondary N) is 2. The number of hydrogen-bond donors (Lipinski definition) is 2. The van der Waals surface area contributed by atoms with E-state index in [4.69, 9.17) is 0 Å². The molecule has 24 heavy (non-hydrogen) atoms. The van der Waals surface area contributed by atoms with Crippen molar-refractivity contribution in [3.05, 3.63) is 53.2 Å². The maximum absolute atomic E-state index is 11.5. The van der Waals surface area contributed by atoms with Gasteiger partial charge in [-0.1, -0.05) is 0 Å². The molecule has 0 fully saturated rings. The molecular weight excluding hydrogens is 326 g/mol. The molecule has 0 saturated heterocycles. The number of aromatic nitrogens is 2. The molecule has 122 valence electrons. The molecule has 0 aliphatic carbocycles. The Morgan fingerprint density at radius 3 is 2.67 bits per heavy atom. The minimum Gasteiger partial charge on any atom is -0.464 e. The summed E-state index contributed by atoms with van der Waals surface area (Å²) in [6.07, 6.45) is 1.72. The Morgan fingerprint density at radius 2 is 2.00 bits per heavy atom. The quantitative estimate of drug-likeness (QED) is 0.543. The second-order valence-electron chi connectivity index (χ2n) is 5.09. The van der Waals surface area contributed by atoms with E-state index in [1.54, 1.807) is 24.4 Å². The van der Waals surface area contributed by atoms with Crippen LogP contribution in [0.2, 0.25) is 0 Å². The molecule has 0 unspecified atom stereocenters. The molecule has 2 aromatic heterocycles. The molecule has 0 amide bonds. The van der Waals surface area contributed by atoms with Crippen LogP contribution in [0.5, 0.6) is 0 Å². The van der Waals surface area contributed by atoms with E-state index in [1.165, 1.54) is 25.4 Å². The highest BCUT2D eigenvalue weighted by Gasteiger charge is 2.12. The molecular formula is C17H15N3O3S. The number of anilines is 2. The van der Waals surface area contributed by atoms with Gasteiger partial charge >= 0.3 is 5.97 Å². The van der Waals surface area contributed by atoms with Gasteiger partial charge in [0.1, 0.15) is 5.69 Å². The van der Waals surface area contributed by atoms with E-state index in [1.807, 2.05) is 17.5 Å². The van der Waals surface area contributed by atoms with Crippen molar-refractivity contribution < 1.29 is 14.3 Å². The van der Waals surface area contributed by atoms with Gasteiger partial charge in [-0.3, -0.25) is 4.79 Å². The summed E-state index contributed by atoms with van der Waals surface area (Å²) in [6.45, 7) is 1.54. The number of nitrogens with zero attached hydrogens (tertiary/aromatic N) is 1. The topological polar surface area (TPSA) is 84.1 Å². The zero-order valence-corrected chi connectivity index (χ0v) is 13.9. The molecule has 2 N–H and O–H groups in total. The summed E-state index contributed by atoms with van der Waals surface area (Å²) >= 11 is 1.45. The number of thiazole rings is 1. The monoisotopic (exact) mass is 341 g/mol. The van der Waals surface area contributed by atoms with Gasteiger partial charge in [0.15, 0.2) is 10.9 Å². The molecule has 7 heteroatoms. The SMILES string of the molecule is COC(=O)c1cc(-c2csc(Nc3ccc(C(C)=O)cc3)n2)c[nH]1. The van der Waals surface area contributed by atoms with Crippen LogP contribution < -0.4 is 5.32 Å². The van der Waals surface area contributed by atoms with E-state index in [0.29, 0.717) is 11.3 Å². The van der Waals surface area contributed by atoms with Gasteiger partial charge in [-0.05, 0) is 37.3 Å². The van der Waals surface area contributed by atoms with Gasteiger partial charge in [-0.25, -0.2) is 9.78 Å². The number of esters is 1. The number of carbonyl (C=O) groups excluding carboxylic acids is 2. The van der Waals surface area contributed by atoms with Crippen molar-refractivity contribution in [2.24, 2.45) is 0 Å². The number of ketones is 1. The Balaban J connectivity index is 1.74. The van der Waals surface area contributed by atoms with Crippen molar-refractivity contribution in [1.82, 2.24) is 9.97 Å². The second-order valence-corrected chi connectivity index (χ2v) is 5.95. The highest BCUT2D eigenvalue weighted by molar-refractivity contribution is 7.14. The zero-order chi connectivity index (χ0) is 17.1. The molecule has 0 atom stereocenters. The third kappa shape index (κ3) is 3.36. The number of ether oxygens (including phenoxy) is 1. The van der Waals surface area contributed by atoms with Crippen molar-refractivity contribution >= 4 is 33.9 Å². The van der Waals surface area contributed by atoms with Gasteiger partial charge in [0.05, 0.1) is 12.8 Å². The van der Waals surface area contributed by atoms with Crippen molar-refractivity contribution in [2.75, 3.05) is 12.4 Å². The summed E-state index contributed by atoms with van der Waals surface area (Å²) in [7, 11) is 1.34. The minimum atomic E-state index is -0.416. The van der Waals surface area contributed by atoms with Crippen LogP contribution in [0.1, 0.15) is 27.8 Å². The molecule has 6 nitrogen and oxygen atoms in total. The Morgan fingerprint density at radius 1 is 1.25 bits per heavy atom. The van der Waals surface area contributed by atoms with Gasteiger partial charge < -0.3 is 15.0 Å². The second kappa shape index (κ2) is 6.67. The van der Waals surface area contributed by atoms with Gasteiger partial charge in [-0.2, -0.15) is 0 Å². The van der Waals surface area contributed by atoms with E-state index in [0.717, 1.165) is 22.1 Å². The molecule has 3 rings (SSSR count). The van der Waals surface area contributed by atoms with E-state index < -0.39 is 5.97 Å². The summed E-state index contributed by atoms with van der Waals surface area (Å²) < 4.78 is 4.67. The summed E-state index contributed by atoms with van der Waals surface area (Å²) in [6, 6.07) is 8.92. The number of aromatic amines is 1. The summed E-state index contributed by atoms with van der Waals surface area (Å²) in [5, 5.41) is 5.82. The number of H-pyrrole nitrogens is 1. The highest BCUT2D eigenvalue weighted by Crippen LogP contribution is 2.27. The molecule has 0 spiro atoms. The number of Topliss-reactive ketones (excluding diaryl/α,β-unsaturated/α-hetero) is 1. The average molecular weight is 341 g/mol. The summed E-state index contributed by atoms with van der Waals surface area (Å²) in [5.41, 5.74) is 3.48. The van der Waals surface area contributed by atoms with Gasteiger partial charge in [0.25, 0.3) is 0 Å². The molecule has 0 radical (unpaired) electrons. The number of benzene rings is 1. The van der Waals surface area contributed by atoms with Crippen molar-refractivity contribution in [3.63, 3.8) is 0 Å². The summed E-state index contributed by atoms with van der Waals surface area (Å²) in [5.74, 6) is -0.382. The van der Waals surface area contributed by atoms with Crippen LogP contribution in [-0.2, 0) is 4.74 Å². The van der Waals surface area contributed by atoms with Crippen molar-refractivity contribution in [2.45, 2.75) is 6.92 Å². The lowest BCUT2D eigenvalue weighted by Crippen LogP contribution is -2.00. The smallest absolute Gasteiger partial charge is 0.354 e. The Bertz CT molecular complexity index is 881. The zero-order valence-electron chi connectivity index (χ0n) is 13.1. The maximum atomic E-state index is 11.5. The lowest BCUT2D eigenvalue weighted by atomic mass is 10.1. The first-order chi connectivity index (χ1) is 11.6. The first-order valence-corrected chi connectivity index (χ1v) is 8.05. The predicted octanol–water partition coefficient (Wildman–Crippen LogP) is 3.87. The highest BCUT2D eigenvalue weighted by atomic mass is 32.1. The molecule has 0 saturated carbocycles. The third-order valence-electron chi connectivity index (χ3n) is 3.43. The van der Waals surface area contributed by atoms with Crippen LogP contribution >= 0.6 is 11.3 Å². The van der Waals surface area contributed by atoms with Gasteiger partial charge in [0, 0.05) is 28.4 Å².